The van der Waals surface area contributed by atoms with Crippen LogP contribution in [0.15, 0.2) is 0 Å². The molecule has 0 rings (SSSR count). The number of hydrogen-bond acceptors (Lipinski definition) is 8. The van der Waals surface area contributed by atoms with E-state index in [1.54, 1.807) is 0 Å². The maximum atomic E-state index is 12.0. The third-order valence-corrected chi connectivity index (χ3v) is 4.55. The standard InChI is InChI=1S/C20H38O8/c1-2-3-4-5-6-7-8-9-10-11-18(24)28-17(15-27-13-12-21)20(26)19(25)16(23)14-22/h12,16-17,19-20,22-23,25-26H,2-11,13-15H2,1H3/t16-,17+,19-,20-/m1/s1. The molecule has 0 saturated carbocycles. The largest absolute Gasteiger partial charge is 0.457 e. The number of carbonyl (C=O) groups is 2. The number of aliphatic hydroxyl groups excluding tert-OH is 4. The number of aliphatic hydroxyl groups is 4. The second-order valence-corrected chi connectivity index (χ2v) is 7.04. The van der Waals surface area contributed by atoms with Crippen LogP contribution >= 0.6 is 0 Å². The van der Waals surface area contributed by atoms with Crippen molar-refractivity contribution in [2.24, 2.45) is 0 Å². The van der Waals surface area contributed by atoms with Crippen LogP contribution in [0.3, 0.4) is 0 Å². The topological polar surface area (TPSA) is 134 Å². The van der Waals surface area contributed by atoms with Gasteiger partial charge in [-0.25, -0.2) is 0 Å². The summed E-state index contributed by atoms with van der Waals surface area (Å²) < 4.78 is 10.1. The zero-order valence-corrected chi connectivity index (χ0v) is 17.0. The van der Waals surface area contributed by atoms with Crippen LogP contribution in [-0.2, 0) is 19.1 Å². The number of hydrogen-bond donors (Lipinski definition) is 4. The van der Waals surface area contributed by atoms with Gasteiger partial charge in [0.15, 0.2) is 6.10 Å². The summed E-state index contributed by atoms with van der Waals surface area (Å²) in [6.07, 6.45) is 4.48. The Kier molecular flexibility index (Phi) is 17.3. The van der Waals surface area contributed by atoms with Crippen molar-refractivity contribution in [1.29, 1.82) is 0 Å². The highest BCUT2D eigenvalue weighted by molar-refractivity contribution is 5.69. The van der Waals surface area contributed by atoms with Gasteiger partial charge >= 0.3 is 5.97 Å². The summed E-state index contributed by atoms with van der Waals surface area (Å²) in [4.78, 5) is 22.4. The van der Waals surface area contributed by atoms with E-state index in [9.17, 15) is 24.9 Å². The number of unbranched alkanes of at least 4 members (excludes halogenated alkanes) is 8. The van der Waals surface area contributed by atoms with E-state index in [-0.39, 0.29) is 19.6 Å². The number of aldehydes is 1. The molecule has 0 fully saturated rings. The first-order chi connectivity index (χ1) is 13.5. The lowest BCUT2D eigenvalue weighted by Crippen LogP contribution is -2.49. The van der Waals surface area contributed by atoms with Gasteiger partial charge in [-0.2, -0.15) is 0 Å². The number of ether oxygens (including phenoxy) is 2. The monoisotopic (exact) mass is 406 g/mol. The Morgan fingerprint density at radius 1 is 0.929 bits per heavy atom. The highest BCUT2D eigenvalue weighted by Gasteiger charge is 2.33. The fourth-order valence-corrected chi connectivity index (χ4v) is 2.80. The molecular formula is C20H38O8. The summed E-state index contributed by atoms with van der Waals surface area (Å²) in [7, 11) is 0. The number of rotatable bonds is 19. The highest BCUT2D eigenvalue weighted by Crippen LogP contribution is 2.13. The number of carbonyl (C=O) groups excluding carboxylic acids is 2. The van der Waals surface area contributed by atoms with Gasteiger partial charge in [0, 0.05) is 6.42 Å². The van der Waals surface area contributed by atoms with Crippen LogP contribution in [0.1, 0.15) is 71.1 Å². The SMILES string of the molecule is CCCCCCCCCCCC(=O)O[C@@H](COCC=O)[C@@H](O)[C@H](O)[C@H](O)CO. The summed E-state index contributed by atoms with van der Waals surface area (Å²) in [5.74, 6) is -0.549. The van der Waals surface area contributed by atoms with Crippen LogP contribution < -0.4 is 0 Å². The van der Waals surface area contributed by atoms with Crippen LogP contribution in [0.25, 0.3) is 0 Å². The van der Waals surface area contributed by atoms with Crippen LogP contribution in [0.4, 0.5) is 0 Å². The zero-order valence-electron chi connectivity index (χ0n) is 17.0. The minimum atomic E-state index is -1.71. The molecule has 0 amide bonds. The molecular weight excluding hydrogens is 368 g/mol. The predicted molar refractivity (Wildman–Crippen MR) is 104 cm³/mol. The van der Waals surface area contributed by atoms with E-state index in [2.05, 4.69) is 6.92 Å². The fraction of sp³-hybridized carbons (Fsp3) is 0.900. The van der Waals surface area contributed by atoms with E-state index in [0.29, 0.717) is 12.7 Å². The maximum Gasteiger partial charge on any atom is 0.306 e. The summed E-state index contributed by atoms with van der Waals surface area (Å²) in [6, 6.07) is 0. The van der Waals surface area contributed by atoms with Crippen molar-refractivity contribution < 1.29 is 39.5 Å². The van der Waals surface area contributed by atoms with Crippen molar-refractivity contribution in [3.05, 3.63) is 0 Å². The summed E-state index contributed by atoms with van der Waals surface area (Å²) >= 11 is 0. The molecule has 0 aliphatic rings. The van der Waals surface area contributed by atoms with Crippen LogP contribution in [-0.4, -0.2) is 76.9 Å². The van der Waals surface area contributed by atoms with Gasteiger partial charge in [-0.05, 0) is 6.42 Å². The average Bonchev–Trinajstić information content (AvgIpc) is 2.70. The lowest BCUT2D eigenvalue weighted by Gasteiger charge is -2.28. The second-order valence-electron chi connectivity index (χ2n) is 7.04. The quantitative estimate of drug-likeness (QED) is 0.142. The molecule has 0 spiro atoms. The van der Waals surface area contributed by atoms with E-state index >= 15 is 0 Å². The van der Waals surface area contributed by atoms with Crippen molar-refractivity contribution in [2.75, 3.05) is 19.8 Å². The molecule has 8 nitrogen and oxygen atoms in total. The van der Waals surface area contributed by atoms with Gasteiger partial charge in [-0.15, -0.1) is 0 Å². The molecule has 8 heteroatoms. The first-order valence-electron chi connectivity index (χ1n) is 10.3. The van der Waals surface area contributed by atoms with E-state index < -0.39 is 37.0 Å². The van der Waals surface area contributed by atoms with Gasteiger partial charge in [0.25, 0.3) is 0 Å². The Morgan fingerprint density at radius 2 is 1.50 bits per heavy atom. The average molecular weight is 407 g/mol. The van der Waals surface area contributed by atoms with Gasteiger partial charge in [-0.3, -0.25) is 4.79 Å². The van der Waals surface area contributed by atoms with Crippen molar-refractivity contribution in [1.82, 2.24) is 0 Å². The Balaban J connectivity index is 4.20. The highest BCUT2D eigenvalue weighted by atomic mass is 16.6. The van der Waals surface area contributed by atoms with Crippen LogP contribution in [0.5, 0.6) is 0 Å². The lowest BCUT2D eigenvalue weighted by atomic mass is 10.0. The lowest BCUT2D eigenvalue weighted by molar-refractivity contribution is -0.173. The van der Waals surface area contributed by atoms with Gasteiger partial charge in [0.2, 0.25) is 0 Å². The minimum absolute atomic E-state index is 0.172. The molecule has 0 saturated heterocycles. The molecule has 0 aliphatic heterocycles. The zero-order chi connectivity index (χ0) is 21.2. The molecule has 4 N–H and O–H groups in total. The van der Waals surface area contributed by atoms with Crippen molar-refractivity contribution in [3.63, 3.8) is 0 Å². The molecule has 0 unspecified atom stereocenters. The van der Waals surface area contributed by atoms with E-state index in [1.165, 1.54) is 32.1 Å². The molecule has 0 aromatic heterocycles. The first-order valence-corrected chi connectivity index (χ1v) is 10.3. The Morgan fingerprint density at radius 3 is 2.04 bits per heavy atom. The normalized spacial score (nSPS) is 15.6. The van der Waals surface area contributed by atoms with Gasteiger partial charge < -0.3 is 34.7 Å². The van der Waals surface area contributed by atoms with E-state index in [0.717, 1.165) is 19.3 Å². The Labute approximate surface area is 167 Å². The third-order valence-electron chi connectivity index (χ3n) is 4.55. The molecule has 0 radical (unpaired) electrons. The summed E-state index contributed by atoms with van der Waals surface area (Å²) in [5.41, 5.74) is 0. The first kappa shape index (κ1) is 26.9. The maximum absolute atomic E-state index is 12.0. The Bertz CT molecular complexity index is 390. The van der Waals surface area contributed by atoms with Crippen molar-refractivity contribution >= 4 is 12.3 Å². The molecule has 0 aromatic rings. The molecule has 0 heterocycles. The predicted octanol–water partition coefficient (Wildman–Crippen LogP) is 1.11. The Hall–Kier alpha value is -1.06. The van der Waals surface area contributed by atoms with Gasteiger partial charge in [-0.1, -0.05) is 58.3 Å². The fourth-order valence-electron chi connectivity index (χ4n) is 2.80. The van der Waals surface area contributed by atoms with Crippen molar-refractivity contribution in [2.45, 2.75) is 95.5 Å². The van der Waals surface area contributed by atoms with E-state index in [4.69, 9.17) is 14.6 Å². The second kappa shape index (κ2) is 18.0. The minimum Gasteiger partial charge on any atom is -0.457 e. The molecule has 0 bridgehead atoms. The third kappa shape index (κ3) is 13.2. The molecule has 28 heavy (non-hydrogen) atoms. The molecule has 4 atom stereocenters. The van der Waals surface area contributed by atoms with Gasteiger partial charge in [0.1, 0.15) is 31.2 Å². The van der Waals surface area contributed by atoms with E-state index in [1.807, 2.05) is 0 Å². The molecule has 166 valence electrons. The van der Waals surface area contributed by atoms with Crippen molar-refractivity contribution in [3.8, 4) is 0 Å². The van der Waals surface area contributed by atoms with Crippen LogP contribution in [0, 0.1) is 0 Å². The summed E-state index contributed by atoms with van der Waals surface area (Å²) in [6.45, 7) is 0.870. The van der Waals surface area contributed by atoms with Crippen LogP contribution in [0.2, 0.25) is 0 Å². The van der Waals surface area contributed by atoms with Gasteiger partial charge in [0.05, 0.1) is 13.2 Å². The smallest absolute Gasteiger partial charge is 0.306 e. The molecule has 0 aliphatic carbocycles. The molecule has 0 aromatic carbocycles. The summed E-state index contributed by atoms with van der Waals surface area (Å²) in [5, 5.41) is 38.2. The number of esters is 1.